The molecule has 45 heavy (non-hydrogen) atoms. The van der Waals surface area contributed by atoms with Crippen molar-refractivity contribution in [3.05, 3.63) is 71.5 Å². The Hall–Kier alpha value is -0.880. The van der Waals surface area contributed by atoms with Gasteiger partial charge in [0.25, 0.3) is 0 Å². The molecule has 2 unspecified atom stereocenters. The van der Waals surface area contributed by atoms with Crippen molar-refractivity contribution in [3.63, 3.8) is 0 Å². The molecule has 0 aliphatic carbocycles. The average molecular weight is 695 g/mol. The number of aromatic hydroxyl groups is 2. The van der Waals surface area contributed by atoms with E-state index < -0.39 is 30.7 Å². The zero-order valence-electron chi connectivity index (χ0n) is 29.2. The summed E-state index contributed by atoms with van der Waals surface area (Å²) in [4.78, 5) is 0. The molecule has 0 spiro atoms. The summed E-state index contributed by atoms with van der Waals surface area (Å²) in [5.74, 6) is 0.493. The molecule has 11 heteroatoms. The summed E-state index contributed by atoms with van der Waals surface area (Å²) in [6, 6.07) is 7.20. The summed E-state index contributed by atoms with van der Waals surface area (Å²) in [6.45, 7) is 30.9. The number of phenolic OH excluding ortho intramolecular Hbond substituents is 2. The number of hydrogen-bond donors (Lipinski definition) is 4. The van der Waals surface area contributed by atoms with Gasteiger partial charge in [0.05, 0.1) is 0 Å². The molecular formula is C34H54CaO8S2. The normalized spacial score (nSPS) is 14.6. The number of hydrogen-bond acceptors (Lipinski definition) is 6. The van der Waals surface area contributed by atoms with Crippen molar-refractivity contribution in [2.45, 2.75) is 128 Å². The second kappa shape index (κ2) is 15.1. The molecule has 0 saturated carbocycles. The first kappa shape index (κ1) is 44.1. The van der Waals surface area contributed by atoms with Crippen LogP contribution in [0.4, 0.5) is 0 Å². The van der Waals surface area contributed by atoms with E-state index in [0.717, 1.165) is 33.4 Å². The molecule has 2 aromatic rings. The van der Waals surface area contributed by atoms with Gasteiger partial charge in [0.15, 0.2) is 0 Å². The molecule has 2 rings (SSSR count). The van der Waals surface area contributed by atoms with Gasteiger partial charge in [-0.05, 0) is 78.4 Å². The average Bonchev–Trinajstić information content (AvgIpc) is 2.77. The Morgan fingerprint density at radius 1 is 0.533 bits per heavy atom. The molecule has 4 N–H and O–H groups in total. The van der Waals surface area contributed by atoms with Crippen molar-refractivity contribution in [2.24, 2.45) is 0 Å². The Morgan fingerprint density at radius 2 is 0.711 bits per heavy atom. The van der Waals surface area contributed by atoms with E-state index in [2.05, 4.69) is 13.8 Å². The minimum Gasteiger partial charge on any atom is -0.507 e. The van der Waals surface area contributed by atoms with Crippen molar-refractivity contribution in [1.29, 1.82) is 0 Å². The maximum absolute atomic E-state index is 11.2. The monoisotopic (exact) mass is 694 g/mol. The van der Waals surface area contributed by atoms with E-state index in [1.165, 1.54) is 0 Å². The fraction of sp³-hybridized carbons (Fsp3) is 0.588. The van der Waals surface area contributed by atoms with Crippen LogP contribution in [-0.4, -0.2) is 84.4 Å². The van der Waals surface area contributed by atoms with Crippen molar-refractivity contribution < 1.29 is 36.2 Å². The standard InChI is InChI=1S/2C17H27O4S.Ca/c2*1-11(22(19,20)21)8-12-9-13(16(2,3)4)15(18)14(10-12)17(5,6)7;/h2*9-11,18H,1,8H2,2-7H3,(H,19,20,21);/q2*-1;+2. The molecule has 0 radical (unpaired) electrons. The molecule has 0 amide bonds. The minimum atomic E-state index is -4.18. The van der Waals surface area contributed by atoms with Gasteiger partial charge in [0, 0.05) is 0 Å². The third-order valence-electron chi connectivity index (χ3n) is 7.34. The van der Waals surface area contributed by atoms with E-state index in [-0.39, 0.29) is 83.7 Å². The van der Waals surface area contributed by atoms with Crippen molar-refractivity contribution in [3.8, 4) is 11.5 Å². The van der Waals surface area contributed by atoms with Crippen LogP contribution in [0.25, 0.3) is 0 Å². The number of benzene rings is 2. The molecule has 2 aromatic carbocycles. The van der Waals surface area contributed by atoms with Gasteiger partial charge in [0.1, 0.15) is 11.5 Å². The van der Waals surface area contributed by atoms with Crippen LogP contribution in [0.3, 0.4) is 0 Å². The second-order valence-electron chi connectivity index (χ2n) is 15.8. The Kier molecular flexibility index (Phi) is 14.8. The van der Waals surface area contributed by atoms with Crippen LogP contribution in [0.2, 0.25) is 0 Å². The number of phenols is 2. The zero-order valence-corrected chi connectivity index (χ0v) is 33.1. The van der Waals surface area contributed by atoms with Crippen LogP contribution in [0, 0.1) is 13.8 Å². The molecule has 0 aliphatic rings. The van der Waals surface area contributed by atoms with Crippen LogP contribution in [0.1, 0.15) is 116 Å². The Morgan fingerprint density at radius 3 is 0.844 bits per heavy atom. The summed E-state index contributed by atoms with van der Waals surface area (Å²) in [7, 11) is -8.36. The first-order valence-electron chi connectivity index (χ1n) is 14.6. The Bertz CT molecular complexity index is 1350. The van der Waals surface area contributed by atoms with Gasteiger partial charge in [-0.1, -0.05) is 107 Å². The van der Waals surface area contributed by atoms with Crippen LogP contribution >= 0.6 is 0 Å². The topological polar surface area (TPSA) is 149 Å². The summed E-state index contributed by atoms with van der Waals surface area (Å²) < 4.78 is 63.1. The van der Waals surface area contributed by atoms with Crippen LogP contribution in [-0.2, 0) is 54.7 Å². The van der Waals surface area contributed by atoms with E-state index in [4.69, 9.17) is 9.11 Å². The van der Waals surface area contributed by atoms with Gasteiger partial charge in [-0.15, -0.1) is 0 Å². The van der Waals surface area contributed by atoms with Gasteiger partial charge in [-0.2, -0.15) is 0 Å². The van der Waals surface area contributed by atoms with Crippen LogP contribution in [0.5, 0.6) is 11.5 Å². The first-order chi connectivity index (χ1) is 19.3. The fourth-order valence-corrected chi connectivity index (χ4v) is 5.45. The van der Waals surface area contributed by atoms with Crippen LogP contribution in [0.15, 0.2) is 24.3 Å². The molecule has 8 nitrogen and oxygen atoms in total. The predicted octanol–water partition coefficient (Wildman–Crippen LogP) is 6.86. The maximum atomic E-state index is 11.2. The van der Waals surface area contributed by atoms with Gasteiger partial charge in [-0.25, -0.2) is 16.8 Å². The smallest absolute Gasteiger partial charge is 0.507 e. The van der Waals surface area contributed by atoms with E-state index >= 15 is 0 Å². The molecule has 0 bridgehead atoms. The SMILES string of the molecule is [CH2-]C(Cc1cc(C(C)(C)C)c(O)c(C(C)(C)C)c1)S(=O)(=O)O.[CH2-]C(Cc1cc(C(C)(C)C)c(O)c(C(C)(C)C)c1)S(=O)(=O)O.[Ca+2]. The Balaban J connectivity index is 0.000000842. The van der Waals surface area contributed by atoms with Gasteiger partial charge < -0.3 is 24.1 Å². The predicted molar refractivity (Wildman–Crippen MR) is 186 cm³/mol. The summed E-state index contributed by atoms with van der Waals surface area (Å²) in [5.41, 5.74) is 3.40. The molecule has 0 aliphatic heterocycles. The number of rotatable bonds is 6. The summed E-state index contributed by atoms with van der Waals surface area (Å²) in [6.07, 6.45) is 0.205. The largest absolute Gasteiger partial charge is 2.00 e. The molecule has 0 heterocycles. The van der Waals surface area contributed by atoms with Gasteiger partial charge in [-0.3, -0.25) is 9.11 Å². The van der Waals surface area contributed by atoms with Crippen LogP contribution < -0.4 is 0 Å². The Labute approximate surface area is 302 Å². The minimum absolute atomic E-state index is 0. The zero-order chi connectivity index (χ0) is 35.0. The molecular weight excluding hydrogens is 641 g/mol. The molecule has 0 fully saturated rings. The third-order valence-corrected chi connectivity index (χ3v) is 9.36. The van der Waals surface area contributed by atoms with E-state index in [1.54, 1.807) is 24.3 Å². The van der Waals surface area contributed by atoms with Crippen molar-refractivity contribution >= 4 is 58.0 Å². The molecule has 0 saturated heterocycles. The second-order valence-corrected chi connectivity index (χ2v) is 19.2. The molecule has 252 valence electrons. The van der Waals surface area contributed by atoms with Gasteiger partial charge in [0.2, 0.25) is 20.2 Å². The first-order valence-corrected chi connectivity index (χ1v) is 17.6. The van der Waals surface area contributed by atoms with E-state index in [9.17, 15) is 27.0 Å². The maximum Gasteiger partial charge on any atom is 2.00 e. The van der Waals surface area contributed by atoms with E-state index in [0.29, 0.717) is 0 Å². The summed E-state index contributed by atoms with van der Waals surface area (Å²) >= 11 is 0. The molecule has 2 atom stereocenters. The van der Waals surface area contributed by atoms with Crippen molar-refractivity contribution in [1.82, 2.24) is 0 Å². The molecule has 0 aromatic heterocycles. The quantitative estimate of drug-likeness (QED) is 0.146. The van der Waals surface area contributed by atoms with Crippen molar-refractivity contribution in [2.75, 3.05) is 0 Å². The summed E-state index contributed by atoms with van der Waals surface area (Å²) in [5, 5.41) is 18.9. The third kappa shape index (κ3) is 12.9. The van der Waals surface area contributed by atoms with Gasteiger partial charge >= 0.3 is 37.7 Å². The van der Waals surface area contributed by atoms with E-state index in [1.807, 2.05) is 83.1 Å². The fourth-order valence-electron chi connectivity index (χ4n) is 4.65.